The summed E-state index contributed by atoms with van der Waals surface area (Å²) in [6.07, 6.45) is 4.08. The number of thioether (sulfide) groups is 1. The molecule has 0 bridgehead atoms. The Hall–Kier alpha value is -1.34. The van der Waals surface area contributed by atoms with Crippen molar-refractivity contribution in [2.24, 2.45) is 5.41 Å². The van der Waals surface area contributed by atoms with E-state index in [1.807, 2.05) is 6.26 Å². The van der Waals surface area contributed by atoms with Gasteiger partial charge in [-0.3, -0.25) is 9.59 Å². The maximum Gasteiger partial charge on any atom is 0.309 e. The summed E-state index contributed by atoms with van der Waals surface area (Å²) in [5, 5.41) is 9.90. The first-order valence-corrected chi connectivity index (χ1v) is 8.07. The Morgan fingerprint density at radius 3 is 2.57 bits per heavy atom. The molecule has 0 aliphatic carbocycles. The molecule has 1 aromatic rings. The molecule has 0 spiro atoms. The minimum Gasteiger partial charge on any atom is -0.481 e. The monoisotopic (exact) mass is 329 g/mol. The molecule has 1 amide bonds. The van der Waals surface area contributed by atoms with E-state index < -0.39 is 11.4 Å². The highest BCUT2D eigenvalue weighted by Crippen LogP contribution is 2.32. The second-order valence-corrected chi connectivity index (χ2v) is 6.39. The van der Waals surface area contributed by atoms with Crippen LogP contribution in [0.5, 0.6) is 0 Å². The lowest BCUT2D eigenvalue weighted by Gasteiger charge is -2.36. The molecule has 1 saturated heterocycles. The number of piperidine rings is 1. The van der Waals surface area contributed by atoms with Crippen LogP contribution < -0.4 is 0 Å². The first kappa shape index (κ1) is 16.0. The minimum absolute atomic E-state index is 0.176. The second kappa shape index (κ2) is 6.19. The predicted molar refractivity (Wildman–Crippen MR) is 79.7 cm³/mol. The molecule has 1 fully saturated rings. The van der Waals surface area contributed by atoms with Gasteiger partial charge < -0.3 is 10.0 Å². The number of carbonyl (C=O) groups is 2. The summed E-state index contributed by atoms with van der Waals surface area (Å²) in [4.78, 5) is 33.4. The zero-order valence-corrected chi connectivity index (χ0v) is 13.4. The van der Waals surface area contributed by atoms with Gasteiger partial charge in [0.1, 0.15) is 0 Å². The molecule has 2 heterocycles. The predicted octanol–water partition coefficient (Wildman–Crippen LogP) is 2.18. The lowest BCUT2D eigenvalue weighted by molar-refractivity contribution is -0.150. The third-order valence-electron chi connectivity index (χ3n) is 3.78. The van der Waals surface area contributed by atoms with Crippen molar-refractivity contribution < 1.29 is 14.7 Å². The number of hydrogen-bond donors (Lipinski definition) is 1. The van der Waals surface area contributed by atoms with E-state index in [1.54, 1.807) is 11.8 Å². The molecule has 1 aliphatic heterocycles. The zero-order valence-electron chi connectivity index (χ0n) is 11.8. The number of aromatic nitrogens is 2. The number of carboxylic acids is 1. The Morgan fingerprint density at radius 2 is 2.05 bits per heavy atom. The number of aliphatic carboxylic acids is 1. The van der Waals surface area contributed by atoms with E-state index >= 15 is 0 Å². The lowest BCUT2D eigenvalue weighted by Crippen LogP contribution is -2.45. The van der Waals surface area contributed by atoms with Gasteiger partial charge in [0.05, 0.1) is 16.6 Å². The molecule has 2 rings (SSSR count). The van der Waals surface area contributed by atoms with Crippen molar-refractivity contribution in [2.75, 3.05) is 19.3 Å². The van der Waals surface area contributed by atoms with Crippen LogP contribution >= 0.6 is 23.4 Å². The number of likely N-dealkylation sites (tertiary alicyclic amines) is 1. The first-order valence-electron chi connectivity index (χ1n) is 6.46. The Morgan fingerprint density at radius 1 is 1.43 bits per heavy atom. The molecule has 0 radical (unpaired) electrons. The first-order chi connectivity index (χ1) is 9.87. The molecule has 8 heteroatoms. The highest BCUT2D eigenvalue weighted by Gasteiger charge is 2.38. The van der Waals surface area contributed by atoms with Gasteiger partial charge in [-0.15, -0.1) is 0 Å². The molecular formula is C13H16ClN3O3S. The highest BCUT2D eigenvalue weighted by molar-refractivity contribution is 7.98. The summed E-state index contributed by atoms with van der Waals surface area (Å²) < 4.78 is 0. The summed E-state index contributed by atoms with van der Waals surface area (Å²) in [5.74, 6) is -1.09. The average molecular weight is 330 g/mol. The fraction of sp³-hybridized carbons (Fsp3) is 0.538. The van der Waals surface area contributed by atoms with Crippen LogP contribution in [-0.2, 0) is 4.79 Å². The van der Waals surface area contributed by atoms with Crippen molar-refractivity contribution in [3.05, 3.63) is 16.9 Å². The van der Waals surface area contributed by atoms with Gasteiger partial charge in [-0.1, -0.05) is 23.4 Å². The number of hydrogen-bond acceptors (Lipinski definition) is 5. The molecule has 0 unspecified atom stereocenters. The number of carboxylic acid groups (broad SMARTS) is 1. The second-order valence-electron chi connectivity index (χ2n) is 5.21. The third-order valence-corrected chi connectivity index (χ3v) is 4.62. The fourth-order valence-electron chi connectivity index (χ4n) is 2.17. The molecule has 114 valence electrons. The summed E-state index contributed by atoms with van der Waals surface area (Å²) >= 11 is 7.33. The van der Waals surface area contributed by atoms with E-state index in [2.05, 4.69) is 9.97 Å². The van der Waals surface area contributed by atoms with Crippen LogP contribution in [-0.4, -0.2) is 51.2 Å². The summed E-state index contributed by atoms with van der Waals surface area (Å²) in [6.45, 7) is 2.48. The Balaban J connectivity index is 2.14. The normalized spacial score (nSPS) is 17.6. The standard InChI is InChI=1S/C13H16ClN3O3S/c1-13(11(19)20)3-5-17(6-4-13)10(18)9-8(14)7-15-12(16-9)21-2/h7H,3-6H2,1-2H3,(H,19,20). The van der Waals surface area contributed by atoms with Crippen LogP contribution in [0.4, 0.5) is 0 Å². The number of carbonyl (C=O) groups excluding carboxylic acids is 1. The van der Waals surface area contributed by atoms with Gasteiger partial charge in [-0.05, 0) is 26.0 Å². The SMILES string of the molecule is CSc1ncc(Cl)c(C(=O)N2CCC(C)(C(=O)O)CC2)n1. The summed E-state index contributed by atoms with van der Waals surface area (Å²) in [7, 11) is 0. The third kappa shape index (κ3) is 3.29. The zero-order chi connectivity index (χ0) is 15.6. The van der Waals surface area contributed by atoms with Gasteiger partial charge in [-0.25, -0.2) is 9.97 Å². The van der Waals surface area contributed by atoms with E-state index in [0.717, 1.165) is 0 Å². The maximum atomic E-state index is 12.5. The number of amides is 1. The van der Waals surface area contributed by atoms with Gasteiger partial charge in [0, 0.05) is 13.1 Å². The molecule has 0 atom stereocenters. The lowest BCUT2D eigenvalue weighted by atomic mass is 9.80. The minimum atomic E-state index is -0.820. The molecule has 1 aliphatic rings. The Bertz CT molecular complexity index is 574. The number of halogens is 1. The molecule has 1 aromatic heterocycles. The quantitative estimate of drug-likeness (QED) is 0.676. The van der Waals surface area contributed by atoms with Crippen molar-refractivity contribution in [1.82, 2.24) is 14.9 Å². The Labute approximate surface area is 131 Å². The number of nitrogens with zero attached hydrogens (tertiary/aromatic N) is 3. The molecule has 0 saturated carbocycles. The van der Waals surface area contributed by atoms with Crippen LogP contribution in [0.15, 0.2) is 11.4 Å². The molecule has 1 N–H and O–H groups in total. The summed E-state index contributed by atoms with van der Waals surface area (Å²) in [5.41, 5.74) is -0.591. The van der Waals surface area contributed by atoms with E-state index in [-0.39, 0.29) is 16.6 Å². The van der Waals surface area contributed by atoms with Gasteiger partial charge in [0.25, 0.3) is 5.91 Å². The highest BCUT2D eigenvalue weighted by atomic mass is 35.5. The van der Waals surface area contributed by atoms with Crippen molar-refractivity contribution in [2.45, 2.75) is 24.9 Å². The number of rotatable bonds is 3. The van der Waals surface area contributed by atoms with Crippen LogP contribution in [0.2, 0.25) is 5.02 Å². The van der Waals surface area contributed by atoms with Gasteiger partial charge in [-0.2, -0.15) is 0 Å². The van der Waals surface area contributed by atoms with Gasteiger partial charge in [0.15, 0.2) is 10.9 Å². The van der Waals surface area contributed by atoms with Crippen molar-refractivity contribution >= 4 is 35.2 Å². The van der Waals surface area contributed by atoms with Crippen LogP contribution in [0.1, 0.15) is 30.3 Å². The Kier molecular flexibility index (Phi) is 4.73. The van der Waals surface area contributed by atoms with Crippen LogP contribution in [0, 0.1) is 5.41 Å². The van der Waals surface area contributed by atoms with Crippen molar-refractivity contribution in [3.8, 4) is 0 Å². The largest absolute Gasteiger partial charge is 0.481 e. The van der Waals surface area contributed by atoms with Crippen LogP contribution in [0.25, 0.3) is 0 Å². The van der Waals surface area contributed by atoms with E-state index in [4.69, 9.17) is 11.6 Å². The topological polar surface area (TPSA) is 83.4 Å². The van der Waals surface area contributed by atoms with Crippen molar-refractivity contribution in [1.29, 1.82) is 0 Å². The fourth-order valence-corrected chi connectivity index (χ4v) is 2.68. The van der Waals surface area contributed by atoms with E-state index in [0.29, 0.717) is 31.1 Å². The molecule has 6 nitrogen and oxygen atoms in total. The molecule has 21 heavy (non-hydrogen) atoms. The summed E-state index contributed by atoms with van der Waals surface area (Å²) in [6, 6.07) is 0. The van der Waals surface area contributed by atoms with E-state index in [9.17, 15) is 14.7 Å². The molecular weight excluding hydrogens is 314 g/mol. The van der Waals surface area contributed by atoms with Gasteiger partial charge in [0.2, 0.25) is 0 Å². The van der Waals surface area contributed by atoms with E-state index in [1.165, 1.54) is 18.0 Å². The van der Waals surface area contributed by atoms with Crippen molar-refractivity contribution in [3.63, 3.8) is 0 Å². The molecule has 0 aromatic carbocycles. The average Bonchev–Trinajstić information content (AvgIpc) is 2.48. The maximum absolute atomic E-state index is 12.5. The van der Waals surface area contributed by atoms with Crippen LogP contribution in [0.3, 0.4) is 0 Å². The van der Waals surface area contributed by atoms with Gasteiger partial charge >= 0.3 is 5.97 Å². The smallest absolute Gasteiger partial charge is 0.309 e.